The zero-order chi connectivity index (χ0) is 14.8. The summed E-state index contributed by atoms with van der Waals surface area (Å²) >= 11 is 0. The van der Waals surface area contributed by atoms with Crippen molar-refractivity contribution in [2.24, 2.45) is 0 Å². The maximum Gasteiger partial charge on any atom is 0.197 e. The average molecular weight is 279 g/mol. The van der Waals surface area contributed by atoms with Crippen LogP contribution < -0.4 is 10.6 Å². The number of hydrogen-bond donors (Lipinski definition) is 4. The van der Waals surface area contributed by atoms with Crippen LogP contribution in [0.3, 0.4) is 0 Å². The van der Waals surface area contributed by atoms with Crippen LogP contribution in [0.25, 0.3) is 0 Å². The molecule has 0 bridgehead atoms. The molecule has 0 saturated carbocycles. The lowest BCUT2D eigenvalue weighted by Gasteiger charge is -2.09. The third-order valence-electron chi connectivity index (χ3n) is 2.49. The molecule has 0 radical (unpaired) electrons. The number of imidazole rings is 1. The van der Waals surface area contributed by atoms with Crippen molar-refractivity contribution >= 4 is 17.3 Å². The molecule has 21 heavy (non-hydrogen) atoms. The van der Waals surface area contributed by atoms with E-state index in [0.29, 0.717) is 0 Å². The molecule has 0 atom stereocenters. The van der Waals surface area contributed by atoms with E-state index in [4.69, 9.17) is 5.41 Å². The number of guanidine groups is 1. The molecule has 3 rings (SSSR count). The molecule has 0 fully saturated rings. The fraction of sp³-hybridized carbons (Fsp3) is 0. The molecule has 1 aromatic heterocycles. The minimum atomic E-state index is 0.261. The Morgan fingerprint density at radius 2 is 1.38 bits per heavy atom. The maximum atomic E-state index is 7.74. The van der Waals surface area contributed by atoms with Crippen LogP contribution in [-0.2, 0) is 0 Å². The monoisotopic (exact) mass is 279 g/mol. The summed E-state index contributed by atoms with van der Waals surface area (Å²) in [4.78, 5) is 6.42. The molecule has 0 aliphatic carbocycles. The van der Waals surface area contributed by atoms with Crippen LogP contribution in [0.2, 0.25) is 0 Å². The number of aromatic nitrogens is 2. The molecule has 0 spiro atoms. The number of aromatic amines is 1. The van der Waals surface area contributed by atoms with Crippen molar-refractivity contribution in [2.45, 2.75) is 0 Å². The molecule has 0 amide bonds. The van der Waals surface area contributed by atoms with Gasteiger partial charge in [-0.3, -0.25) is 5.41 Å². The van der Waals surface area contributed by atoms with Crippen molar-refractivity contribution in [3.63, 3.8) is 0 Å². The predicted octanol–water partition coefficient (Wildman–Crippen LogP) is 3.56. The molecule has 5 heteroatoms. The van der Waals surface area contributed by atoms with Crippen molar-refractivity contribution in [2.75, 3.05) is 10.6 Å². The molecule has 4 N–H and O–H groups in total. The first-order valence-corrected chi connectivity index (χ1v) is 6.50. The van der Waals surface area contributed by atoms with E-state index in [1.54, 1.807) is 18.7 Å². The van der Waals surface area contributed by atoms with Crippen LogP contribution in [0.1, 0.15) is 0 Å². The topological polar surface area (TPSA) is 76.6 Å². The summed E-state index contributed by atoms with van der Waals surface area (Å²) in [6.45, 7) is 0. The van der Waals surface area contributed by atoms with Crippen LogP contribution in [0, 0.1) is 5.41 Å². The Balaban J connectivity index is 0.000000272. The summed E-state index contributed by atoms with van der Waals surface area (Å²) < 4.78 is 0. The van der Waals surface area contributed by atoms with E-state index in [9.17, 15) is 0 Å². The summed E-state index contributed by atoms with van der Waals surface area (Å²) in [6, 6.07) is 19.3. The molecule has 3 aromatic rings. The highest BCUT2D eigenvalue weighted by Crippen LogP contribution is 2.07. The number of nitrogens with one attached hydrogen (secondary N) is 4. The van der Waals surface area contributed by atoms with Crippen LogP contribution in [0.5, 0.6) is 0 Å². The second-order valence-corrected chi connectivity index (χ2v) is 4.12. The van der Waals surface area contributed by atoms with Gasteiger partial charge in [0.15, 0.2) is 5.96 Å². The third-order valence-corrected chi connectivity index (χ3v) is 2.49. The first kappa shape index (κ1) is 14.3. The standard InChI is InChI=1S/C13H13N3.C3H4N2/c14-13(15-11-7-3-1-4-8-11)16-12-9-5-2-6-10-12;1-2-5-3-4-1/h1-10H,(H3,14,15,16);1-3H,(H,4,5). The SMILES string of the molecule is N=C(Nc1ccccc1)Nc1ccccc1.c1c[nH]cn1. The van der Waals surface area contributed by atoms with Crippen LogP contribution in [0.15, 0.2) is 79.4 Å². The summed E-state index contributed by atoms with van der Waals surface area (Å²) in [7, 11) is 0. The van der Waals surface area contributed by atoms with Crippen LogP contribution in [-0.4, -0.2) is 15.9 Å². The molecule has 1 heterocycles. The van der Waals surface area contributed by atoms with E-state index >= 15 is 0 Å². The zero-order valence-electron chi connectivity index (χ0n) is 11.5. The van der Waals surface area contributed by atoms with E-state index < -0.39 is 0 Å². The quantitative estimate of drug-likeness (QED) is 0.428. The molecular formula is C16H17N5. The fourth-order valence-corrected chi connectivity index (χ4v) is 1.58. The van der Waals surface area contributed by atoms with Crippen LogP contribution >= 0.6 is 0 Å². The second-order valence-electron chi connectivity index (χ2n) is 4.12. The van der Waals surface area contributed by atoms with Crippen molar-refractivity contribution in [1.29, 1.82) is 5.41 Å². The third kappa shape index (κ3) is 5.61. The maximum absolute atomic E-state index is 7.74. The lowest BCUT2D eigenvalue weighted by atomic mass is 10.3. The number of nitrogens with zero attached hydrogens (tertiary/aromatic N) is 1. The second kappa shape index (κ2) is 8.16. The Bertz CT molecular complexity index is 560. The number of H-pyrrole nitrogens is 1. The number of benzene rings is 2. The first-order valence-electron chi connectivity index (χ1n) is 6.50. The van der Waals surface area contributed by atoms with Gasteiger partial charge in [-0.15, -0.1) is 0 Å². The van der Waals surface area contributed by atoms with Gasteiger partial charge >= 0.3 is 0 Å². The van der Waals surface area contributed by atoms with Crippen molar-refractivity contribution in [1.82, 2.24) is 9.97 Å². The number of anilines is 2. The first-order chi connectivity index (χ1) is 10.3. The van der Waals surface area contributed by atoms with Crippen LogP contribution in [0.4, 0.5) is 11.4 Å². The Hall–Kier alpha value is -3.08. The Labute approximate surface area is 123 Å². The summed E-state index contributed by atoms with van der Waals surface area (Å²) in [5.74, 6) is 0.261. The Morgan fingerprint density at radius 1 is 0.857 bits per heavy atom. The van der Waals surface area contributed by atoms with E-state index in [1.807, 2.05) is 60.7 Å². The normalized spacial score (nSPS) is 9.14. The average Bonchev–Trinajstić information content (AvgIpc) is 3.09. The van der Waals surface area contributed by atoms with Crippen molar-refractivity contribution in [3.8, 4) is 0 Å². The molecule has 0 aliphatic heterocycles. The van der Waals surface area contributed by atoms with E-state index in [0.717, 1.165) is 11.4 Å². The molecule has 2 aromatic carbocycles. The highest BCUT2D eigenvalue weighted by molar-refractivity contribution is 6.01. The number of para-hydroxylation sites is 2. The zero-order valence-corrected chi connectivity index (χ0v) is 11.5. The minimum absolute atomic E-state index is 0.261. The lowest BCUT2D eigenvalue weighted by Crippen LogP contribution is -2.20. The van der Waals surface area contributed by atoms with Gasteiger partial charge in [-0.25, -0.2) is 4.98 Å². The van der Waals surface area contributed by atoms with Gasteiger partial charge in [-0.2, -0.15) is 0 Å². The highest BCUT2D eigenvalue weighted by Gasteiger charge is 1.96. The molecule has 0 aliphatic rings. The minimum Gasteiger partial charge on any atom is -0.351 e. The smallest absolute Gasteiger partial charge is 0.197 e. The molecule has 0 unspecified atom stereocenters. The summed E-state index contributed by atoms with van der Waals surface area (Å²) in [6.07, 6.45) is 5.08. The van der Waals surface area contributed by atoms with E-state index in [2.05, 4.69) is 20.6 Å². The van der Waals surface area contributed by atoms with Gasteiger partial charge < -0.3 is 15.6 Å². The largest absolute Gasteiger partial charge is 0.351 e. The van der Waals surface area contributed by atoms with Gasteiger partial charge in [0.05, 0.1) is 6.33 Å². The van der Waals surface area contributed by atoms with Gasteiger partial charge in [0.25, 0.3) is 0 Å². The van der Waals surface area contributed by atoms with Gasteiger partial charge in [-0.1, -0.05) is 36.4 Å². The van der Waals surface area contributed by atoms with Gasteiger partial charge in [0.2, 0.25) is 0 Å². The number of hydrogen-bond acceptors (Lipinski definition) is 2. The molecular weight excluding hydrogens is 262 g/mol. The van der Waals surface area contributed by atoms with Gasteiger partial charge in [0.1, 0.15) is 0 Å². The lowest BCUT2D eigenvalue weighted by molar-refractivity contribution is 1.31. The van der Waals surface area contributed by atoms with Crippen molar-refractivity contribution < 1.29 is 0 Å². The highest BCUT2D eigenvalue weighted by atomic mass is 15.1. The Kier molecular flexibility index (Phi) is 5.57. The molecule has 0 saturated heterocycles. The predicted molar refractivity (Wildman–Crippen MR) is 86.4 cm³/mol. The summed E-state index contributed by atoms with van der Waals surface area (Å²) in [5, 5.41) is 13.7. The molecule has 106 valence electrons. The van der Waals surface area contributed by atoms with Crippen molar-refractivity contribution in [3.05, 3.63) is 79.4 Å². The van der Waals surface area contributed by atoms with Gasteiger partial charge in [-0.05, 0) is 24.3 Å². The summed E-state index contributed by atoms with van der Waals surface area (Å²) in [5.41, 5.74) is 1.80. The fourth-order valence-electron chi connectivity index (χ4n) is 1.58. The number of rotatable bonds is 2. The molecule has 5 nitrogen and oxygen atoms in total. The van der Waals surface area contributed by atoms with E-state index in [1.165, 1.54) is 0 Å². The van der Waals surface area contributed by atoms with E-state index in [-0.39, 0.29) is 5.96 Å². The van der Waals surface area contributed by atoms with Gasteiger partial charge in [0, 0.05) is 23.8 Å². The Morgan fingerprint density at radius 3 is 1.71 bits per heavy atom.